The molecule has 118 valence electrons. The van der Waals surface area contributed by atoms with Crippen LogP contribution >= 0.6 is 11.6 Å². The largest absolute Gasteiger partial charge is 0.472 e. The van der Waals surface area contributed by atoms with Crippen molar-refractivity contribution in [2.75, 3.05) is 5.43 Å². The highest BCUT2D eigenvalue weighted by Gasteiger charge is 2.39. The molecular formula is C11H9ClF3N5O2. The molecular weight excluding hydrogens is 327 g/mol. The number of nitrogens with one attached hydrogen (secondary N) is 1. The Labute approximate surface area is 126 Å². The zero-order valence-electron chi connectivity index (χ0n) is 11.1. The number of halogens is 4. The van der Waals surface area contributed by atoms with Gasteiger partial charge in [0.05, 0.1) is 6.54 Å². The van der Waals surface area contributed by atoms with Crippen LogP contribution < -0.4 is 11.1 Å². The van der Waals surface area contributed by atoms with Crippen LogP contribution in [0.1, 0.15) is 11.4 Å². The quantitative estimate of drug-likeness (QED) is 0.851. The molecule has 0 aromatic carbocycles. The molecule has 0 aliphatic rings. The predicted molar refractivity (Wildman–Crippen MR) is 70.0 cm³/mol. The van der Waals surface area contributed by atoms with Crippen LogP contribution in [0.4, 0.5) is 13.2 Å². The summed E-state index contributed by atoms with van der Waals surface area (Å²) in [6.07, 6.45) is -3.70. The second-order valence-corrected chi connectivity index (χ2v) is 4.64. The Bertz CT molecular complexity index is 751. The van der Waals surface area contributed by atoms with Gasteiger partial charge in [-0.05, 0) is 18.6 Å². The summed E-state index contributed by atoms with van der Waals surface area (Å²) in [7, 11) is 0. The van der Waals surface area contributed by atoms with E-state index >= 15 is 0 Å². The summed E-state index contributed by atoms with van der Waals surface area (Å²) < 4.78 is 38.0. The molecule has 0 aliphatic heterocycles. The third-order valence-corrected chi connectivity index (χ3v) is 2.82. The third kappa shape index (κ3) is 3.45. The summed E-state index contributed by atoms with van der Waals surface area (Å²) >= 11 is 5.62. The maximum Gasteiger partial charge on any atom is 0.472 e. The third-order valence-electron chi connectivity index (χ3n) is 2.59. The second-order valence-electron chi connectivity index (χ2n) is 4.25. The van der Waals surface area contributed by atoms with E-state index in [2.05, 4.69) is 10.1 Å². The normalized spacial score (nSPS) is 11.5. The maximum absolute atomic E-state index is 12.2. The van der Waals surface area contributed by atoms with Gasteiger partial charge in [-0.3, -0.25) is 4.79 Å². The molecule has 1 amide bonds. The average molecular weight is 336 g/mol. The minimum absolute atomic E-state index is 0.0290. The van der Waals surface area contributed by atoms with Crippen molar-refractivity contribution in [3.8, 4) is 0 Å². The Morgan fingerprint density at radius 3 is 2.64 bits per heavy atom. The highest BCUT2D eigenvalue weighted by molar-refractivity contribution is 6.29. The molecule has 0 aliphatic carbocycles. The fraction of sp³-hybridized carbons (Fsp3) is 0.273. The fourth-order valence-electron chi connectivity index (χ4n) is 1.59. The Kier molecular flexibility index (Phi) is 4.22. The van der Waals surface area contributed by atoms with E-state index < -0.39 is 17.8 Å². The van der Waals surface area contributed by atoms with E-state index in [0.717, 1.165) is 4.68 Å². The molecule has 1 N–H and O–H groups in total. The second kappa shape index (κ2) is 5.79. The number of aromatic nitrogens is 4. The van der Waals surface area contributed by atoms with Crippen molar-refractivity contribution < 1.29 is 18.0 Å². The molecule has 2 heterocycles. The van der Waals surface area contributed by atoms with Gasteiger partial charge in [-0.15, -0.1) is 0 Å². The fourth-order valence-corrected chi connectivity index (χ4v) is 1.70. The van der Waals surface area contributed by atoms with Crippen molar-refractivity contribution in [1.82, 2.24) is 19.4 Å². The van der Waals surface area contributed by atoms with Gasteiger partial charge in [-0.1, -0.05) is 17.7 Å². The van der Waals surface area contributed by atoms with Crippen molar-refractivity contribution in [2.45, 2.75) is 19.6 Å². The molecule has 0 bridgehead atoms. The van der Waals surface area contributed by atoms with Crippen LogP contribution in [-0.4, -0.2) is 31.5 Å². The monoisotopic (exact) mass is 335 g/mol. The zero-order chi connectivity index (χ0) is 16.5. The van der Waals surface area contributed by atoms with Crippen LogP contribution in [0, 0.1) is 6.92 Å². The van der Waals surface area contributed by atoms with E-state index in [0.29, 0.717) is 10.2 Å². The standard InChI is InChI=1S/C11H9ClF3N5O2/c1-6-17-19(5-7-2-3-8(12)16-4-7)10(22)20(6)18-9(21)11(13,14)15/h2-4H,5H2,1H3,(H,18,21). The van der Waals surface area contributed by atoms with Crippen LogP contribution in [0.15, 0.2) is 23.1 Å². The summed E-state index contributed by atoms with van der Waals surface area (Å²) in [6, 6.07) is 3.08. The van der Waals surface area contributed by atoms with Crippen LogP contribution in [-0.2, 0) is 11.3 Å². The number of pyridine rings is 1. The molecule has 2 aromatic rings. The average Bonchev–Trinajstić information content (AvgIpc) is 2.68. The molecule has 0 fully saturated rings. The Morgan fingerprint density at radius 1 is 1.41 bits per heavy atom. The lowest BCUT2D eigenvalue weighted by Crippen LogP contribution is -2.41. The molecule has 0 atom stereocenters. The first kappa shape index (κ1) is 16.0. The molecule has 22 heavy (non-hydrogen) atoms. The molecule has 0 unspecified atom stereocenters. The number of rotatable bonds is 3. The zero-order valence-corrected chi connectivity index (χ0v) is 11.8. The Balaban J connectivity index is 2.25. The van der Waals surface area contributed by atoms with Crippen LogP contribution in [0.2, 0.25) is 5.15 Å². The van der Waals surface area contributed by atoms with E-state index in [1.807, 2.05) is 0 Å². The molecule has 7 nitrogen and oxygen atoms in total. The summed E-state index contributed by atoms with van der Waals surface area (Å²) in [5, 5.41) is 4.05. The summed E-state index contributed by atoms with van der Waals surface area (Å²) in [5.41, 5.74) is 1.11. The molecule has 0 radical (unpaired) electrons. The number of hydrogen-bond acceptors (Lipinski definition) is 4. The highest BCUT2D eigenvalue weighted by atomic mass is 35.5. The molecule has 2 aromatic heterocycles. The van der Waals surface area contributed by atoms with Gasteiger partial charge in [0.2, 0.25) is 0 Å². The number of nitrogens with zero attached hydrogens (tertiary/aromatic N) is 4. The van der Waals surface area contributed by atoms with Crippen LogP contribution in [0.25, 0.3) is 0 Å². The van der Waals surface area contributed by atoms with Crippen LogP contribution in [0.3, 0.4) is 0 Å². The predicted octanol–water partition coefficient (Wildman–Crippen LogP) is 1.08. The smallest absolute Gasteiger partial charge is 0.263 e. The topological polar surface area (TPSA) is 81.8 Å². The lowest BCUT2D eigenvalue weighted by molar-refractivity contribution is -0.168. The SMILES string of the molecule is Cc1nn(Cc2ccc(Cl)nc2)c(=O)n1NC(=O)C(F)(F)F. The summed E-state index contributed by atoms with van der Waals surface area (Å²) in [6.45, 7) is 1.26. The first-order valence-corrected chi connectivity index (χ1v) is 6.21. The van der Waals surface area contributed by atoms with Gasteiger partial charge in [-0.25, -0.2) is 19.9 Å². The van der Waals surface area contributed by atoms with Gasteiger partial charge >= 0.3 is 17.8 Å². The number of aryl methyl sites for hydroxylation is 1. The van der Waals surface area contributed by atoms with E-state index in [-0.39, 0.29) is 17.5 Å². The summed E-state index contributed by atoms with van der Waals surface area (Å²) in [5.74, 6) is -2.35. The molecule has 2 rings (SSSR count). The number of hydrogen-bond donors (Lipinski definition) is 1. The van der Waals surface area contributed by atoms with Crippen molar-refractivity contribution in [2.24, 2.45) is 0 Å². The van der Waals surface area contributed by atoms with Crippen molar-refractivity contribution in [3.05, 3.63) is 45.4 Å². The van der Waals surface area contributed by atoms with E-state index in [1.54, 1.807) is 6.07 Å². The molecule has 0 saturated carbocycles. The van der Waals surface area contributed by atoms with Crippen molar-refractivity contribution >= 4 is 17.5 Å². The van der Waals surface area contributed by atoms with Crippen LogP contribution in [0.5, 0.6) is 0 Å². The highest BCUT2D eigenvalue weighted by Crippen LogP contribution is 2.14. The van der Waals surface area contributed by atoms with E-state index in [1.165, 1.54) is 24.6 Å². The number of alkyl halides is 3. The Morgan fingerprint density at radius 2 is 2.09 bits per heavy atom. The molecule has 0 spiro atoms. The van der Waals surface area contributed by atoms with Gasteiger partial charge in [0.1, 0.15) is 5.15 Å². The Hall–Kier alpha value is -2.36. The van der Waals surface area contributed by atoms with Gasteiger partial charge in [0.15, 0.2) is 5.82 Å². The first-order chi connectivity index (χ1) is 10.2. The number of carbonyl (C=O) groups is 1. The molecule has 11 heteroatoms. The first-order valence-electron chi connectivity index (χ1n) is 5.83. The molecule has 0 saturated heterocycles. The minimum atomic E-state index is -5.10. The number of amides is 1. The van der Waals surface area contributed by atoms with Gasteiger partial charge in [-0.2, -0.15) is 22.9 Å². The van der Waals surface area contributed by atoms with Gasteiger partial charge in [0.25, 0.3) is 0 Å². The van der Waals surface area contributed by atoms with Crippen molar-refractivity contribution in [1.29, 1.82) is 0 Å². The van der Waals surface area contributed by atoms with Crippen molar-refractivity contribution in [3.63, 3.8) is 0 Å². The number of carbonyl (C=O) groups excluding carboxylic acids is 1. The maximum atomic E-state index is 12.2. The van der Waals surface area contributed by atoms with E-state index in [4.69, 9.17) is 11.6 Å². The van der Waals surface area contributed by atoms with Gasteiger partial charge in [0, 0.05) is 6.20 Å². The minimum Gasteiger partial charge on any atom is -0.263 e. The van der Waals surface area contributed by atoms with E-state index in [9.17, 15) is 22.8 Å². The lowest BCUT2D eigenvalue weighted by atomic mass is 10.3. The summed E-state index contributed by atoms with van der Waals surface area (Å²) in [4.78, 5) is 26.7. The lowest BCUT2D eigenvalue weighted by Gasteiger charge is -2.07. The van der Waals surface area contributed by atoms with Gasteiger partial charge < -0.3 is 0 Å².